The van der Waals surface area contributed by atoms with Crippen LogP contribution in [-0.2, 0) is 19.3 Å². The lowest BCUT2D eigenvalue weighted by molar-refractivity contribution is 0.218. The maximum Gasteiger partial charge on any atom is 0.138 e. The van der Waals surface area contributed by atoms with E-state index in [1.54, 1.807) is 6.33 Å². The van der Waals surface area contributed by atoms with Crippen LogP contribution in [0.15, 0.2) is 36.8 Å². The minimum Gasteiger partial charge on any atom is -0.369 e. The molecule has 150 valence electrons. The van der Waals surface area contributed by atoms with Gasteiger partial charge in [0.15, 0.2) is 0 Å². The molecule has 3 heterocycles. The maximum absolute atomic E-state index is 4.61. The minimum atomic E-state index is 0.361. The molecule has 0 spiro atoms. The molecule has 1 aliphatic carbocycles. The molecule has 1 aromatic carbocycles. The average Bonchev–Trinajstić information content (AvgIpc) is 3.28. The molecule has 5 heteroatoms. The van der Waals surface area contributed by atoms with Gasteiger partial charge in [-0.15, -0.1) is 11.3 Å². The number of nitrogens with zero attached hydrogens (tertiary/aromatic N) is 2. The Morgan fingerprint density at radius 3 is 2.93 bits per heavy atom. The zero-order valence-electron chi connectivity index (χ0n) is 17.4. The fraction of sp³-hybridized carbons (Fsp3) is 0.417. The summed E-state index contributed by atoms with van der Waals surface area (Å²) in [7, 11) is 0. The first-order chi connectivity index (χ1) is 14.0. The van der Waals surface area contributed by atoms with Gasteiger partial charge in [-0.05, 0) is 54.2 Å². The van der Waals surface area contributed by atoms with Gasteiger partial charge in [-0.25, -0.2) is 9.97 Å². The fourth-order valence-electron chi connectivity index (χ4n) is 4.64. The zero-order chi connectivity index (χ0) is 20.0. The lowest BCUT2D eigenvalue weighted by Gasteiger charge is -2.33. The number of aromatic amines is 1. The van der Waals surface area contributed by atoms with Gasteiger partial charge in [-0.1, -0.05) is 39.0 Å². The Bertz CT molecular complexity index is 1160. The number of aromatic nitrogens is 3. The molecule has 5 rings (SSSR count). The Morgan fingerprint density at radius 1 is 1.21 bits per heavy atom. The van der Waals surface area contributed by atoms with Crippen LogP contribution in [-0.4, -0.2) is 21.5 Å². The Labute approximate surface area is 175 Å². The molecule has 0 amide bonds. The van der Waals surface area contributed by atoms with E-state index in [0.717, 1.165) is 36.0 Å². The van der Waals surface area contributed by atoms with E-state index in [1.807, 2.05) is 11.3 Å². The predicted molar refractivity (Wildman–Crippen MR) is 123 cm³/mol. The fourth-order valence-corrected chi connectivity index (χ4v) is 5.90. The third-order valence-electron chi connectivity index (χ3n) is 6.43. The van der Waals surface area contributed by atoms with Gasteiger partial charge in [0.05, 0.1) is 5.39 Å². The van der Waals surface area contributed by atoms with Crippen LogP contribution in [0.25, 0.3) is 21.1 Å². The molecule has 1 unspecified atom stereocenters. The highest BCUT2D eigenvalue weighted by Gasteiger charge is 2.31. The van der Waals surface area contributed by atoms with Crippen LogP contribution in [0.4, 0.5) is 5.82 Å². The molecule has 0 fully saturated rings. The normalized spacial score (nSPS) is 17.0. The molecule has 0 bridgehead atoms. The van der Waals surface area contributed by atoms with Crippen LogP contribution in [0.5, 0.6) is 0 Å². The number of anilines is 1. The molecule has 2 N–H and O–H groups in total. The number of fused-ring (bicyclic) bond motifs is 4. The number of nitrogens with one attached hydrogen (secondary N) is 2. The molecule has 0 radical (unpaired) electrons. The number of rotatable bonds is 4. The molecule has 1 atom stereocenters. The molecule has 0 saturated carbocycles. The highest BCUT2D eigenvalue weighted by Crippen LogP contribution is 2.44. The third-order valence-corrected chi connectivity index (χ3v) is 7.59. The van der Waals surface area contributed by atoms with E-state index in [2.05, 4.69) is 71.5 Å². The Hall–Kier alpha value is -2.40. The van der Waals surface area contributed by atoms with Gasteiger partial charge in [0.25, 0.3) is 0 Å². The average molecular weight is 405 g/mol. The predicted octanol–water partition coefficient (Wildman–Crippen LogP) is 5.98. The molecule has 29 heavy (non-hydrogen) atoms. The van der Waals surface area contributed by atoms with Crippen LogP contribution in [0.1, 0.15) is 43.2 Å². The van der Waals surface area contributed by atoms with Crippen molar-refractivity contribution in [1.29, 1.82) is 0 Å². The van der Waals surface area contributed by atoms with E-state index in [-0.39, 0.29) is 0 Å². The van der Waals surface area contributed by atoms with Gasteiger partial charge < -0.3 is 10.3 Å². The molecular weight excluding hydrogens is 376 g/mol. The number of hydrogen-bond donors (Lipinski definition) is 2. The monoisotopic (exact) mass is 404 g/mol. The van der Waals surface area contributed by atoms with Crippen LogP contribution in [0, 0.1) is 11.3 Å². The van der Waals surface area contributed by atoms with Crippen molar-refractivity contribution in [3.05, 3.63) is 52.8 Å². The number of benzene rings is 1. The van der Waals surface area contributed by atoms with E-state index >= 15 is 0 Å². The summed E-state index contributed by atoms with van der Waals surface area (Å²) < 4.78 is 0. The maximum atomic E-state index is 4.61. The first-order valence-electron chi connectivity index (χ1n) is 10.5. The van der Waals surface area contributed by atoms with Gasteiger partial charge in [0.1, 0.15) is 17.0 Å². The number of aryl methyl sites for hydroxylation is 1. The van der Waals surface area contributed by atoms with Crippen molar-refractivity contribution in [2.24, 2.45) is 11.3 Å². The second-order valence-corrected chi connectivity index (χ2v) is 10.3. The summed E-state index contributed by atoms with van der Waals surface area (Å²) in [5.41, 5.74) is 4.40. The lowest BCUT2D eigenvalue weighted by Crippen LogP contribution is -2.26. The van der Waals surface area contributed by atoms with E-state index in [1.165, 1.54) is 45.1 Å². The Kier molecular flexibility index (Phi) is 4.58. The van der Waals surface area contributed by atoms with E-state index in [9.17, 15) is 0 Å². The van der Waals surface area contributed by atoms with Crippen molar-refractivity contribution < 1.29 is 0 Å². The van der Waals surface area contributed by atoms with Gasteiger partial charge in [-0.3, -0.25) is 0 Å². The standard InChI is InChI=1S/C24H28N4S/c1-24(2,3)16-8-9-18-20(12-16)29-23-21(18)22(27-14-28-23)25-11-10-15-13-26-19-7-5-4-6-17(15)19/h4-7,13-14,16,26H,8-12H2,1-3H3,(H,25,27,28). The van der Waals surface area contributed by atoms with E-state index in [4.69, 9.17) is 0 Å². The van der Waals surface area contributed by atoms with Crippen LogP contribution >= 0.6 is 11.3 Å². The Balaban J connectivity index is 1.38. The number of para-hydroxylation sites is 1. The van der Waals surface area contributed by atoms with Crippen LogP contribution in [0.3, 0.4) is 0 Å². The van der Waals surface area contributed by atoms with Gasteiger partial charge in [0, 0.05) is 28.5 Å². The summed E-state index contributed by atoms with van der Waals surface area (Å²) in [5.74, 6) is 1.75. The third kappa shape index (κ3) is 3.42. The summed E-state index contributed by atoms with van der Waals surface area (Å²) in [6, 6.07) is 8.49. The second-order valence-electron chi connectivity index (χ2n) is 9.25. The number of hydrogen-bond acceptors (Lipinski definition) is 4. The molecule has 0 aliphatic heterocycles. The quantitative estimate of drug-likeness (QED) is 0.440. The summed E-state index contributed by atoms with van der Waals surface area (Å²) in [5, 5.41) is 6.18. The topological polar surface area (TPSA) is 53.6 Å². The zero-order valence-corrected chi connectivity index (χ0v) is 18.2. The largest absolute Gasteiger partial charge is 0.369 e. The molecule has 3 aromatic heterocycles. The molecule has 4 nitrogen and oxygen atoms in total. The summed E-state index contributed by atoms with van der Waals surface area (Å²) in [6.07, 6.45) is 8.37. The van der Waals surface area contributed by atoms with Crippen molar-refractivity contribution in [2.75, 3.05) is 11.9 Å². The summed E-state index contributed by atoms with van der Waals surface area (Å²) >= 11 is 1.87. The summed E-state index contributed by atoms with van der Waals surface area (Å²) in [6.45, 7) is 7.97. The second kappa shape index (κ2) is 7.13. The molecule has 1 aliphatic rings. The smallest absolute Gasteiger partial charge is 0.138 e. The van der Waals surface area contributed by atoms with Gasteiger partial charge >= 0.3 is 0 Å². The minimum absolute atomic E-state index is 0.361. The first kappa shape index (κ1) is 18.6. The van der Waals surface area contributed by atoms with Crippen molar-refractivity contribution >= 4 is 38.3 Å². The SMILES string of the molecule is CC(C)(C)C1CCc2c(sc3ncnc(NCCc4c[nH]c5ccccc45)c23)C1. The van der Waals surface area contributed by atoms with Crippen molar-refractivity contribution in [3.8, 4) is 0 Å². The van der Waals surface area contributed by atoms with Crippen LogP contribution < -0.4 is 5.32 Å². The van der Waals surface area contributed by atoms with Gasteiger partial charge in [0.2, 0.25) is 0 Å². The molecular formula is C24H28N4S. The lowest BCUT2D eigenvalue weighted by atomic mass is 9.72. The van der Waals surface area contributed by atoms with E-state index < -0.39 is 0 Å². The highest BCUT2D eigenvalue weighted by molar-refractivity contribution is 7.19. The van der Waals surface area contributed by atoms with Crippen molar-refractivity contribution in [3.63, 3.8) is 0 Å². The number of H-pyrrole nitrogens is 1. The molecule has 4 aromatic rings. The first-order valence-corrected chi connectivity index (χ1v) is 11.4. The van der Waals surface area contributed by atoms with E-state index in [0.29, 0.717) is 5.41 Å². The van der Waals surface area contributed by atoms with Crippen molar-refractivity contribution in [2.45, 2.75) is 46.5 Å². The molecule has 0 saturated heterocycles. The summed E-state index contributed by atoms with van der Waals surface area (Å²) in [4.78, 5) is 15.2. The highest BCUT2D eigenvalue weighted by atomic mass is 32.1. The Morgan fingerprint density at radius 2 is 2.07 bits per heavy atom. The van der Waals surface area contributed by atoms with Gasteiger partial charge in [-0.2, -0.15) is 0 Å². The van der Waals surface area contributed by atoms with Crippen molar-refractivity contribution in [1.82, 2.24) is 15.0 Å². The van der Waals surface area contributed by atoms with Crippen LogP contribution in [0.2, 0.25) is 0 Å². The number of thiophene rings is 1.